The Morgan fingerprint density at radius 2 is 1.83 bits per heavy atom. The fourth-order valence-corrected chi connectivity index (χ4v) is 2.58. The molecule has 0 fully saturated rings. The molecule has 0 aliphatic carbocycles. The zero-order valence-corrected chi connectivity index (χ0v) is 14.4. The molecule has 6 nitrogen and oxygen atoms in total. The number of carboxylic acid groups (broad SMARTS) is 1. The Morgan fingerprint density at radius 3 is 2.29 bits per heavy atom. The van der Waals surface area contributed by atoms with Crippen LogP contribution in [0.3, 0.4) is 0 Å². The Balaban J connectivity index is 2.13. The summed E-state index contributed by atoms with van der Waals surface area (Å²) in [6.45, 7) is 7.73. The van der Waals surface area contributed by atoms with E-state index in [1.54, 1.807) is 28.9 Å². The minimum atomic E-state index is -1.02. The Kier molecular flexibility index (Phi) is 5.39. The molecule has 0 saturated heterocycles. The molecule has 1 amide bonds. The average molecular weight is 329 g/mol. The molecule has 0 aliphatic rings. The number of nitrogens with zero attached hydrogens (tertiary/aromatic N) is 2. The molecule has 128 valence electrons. The second-order valence-electron chi connectivity index (χ2n) is 6.38. The molecule has 0 unspecified atom stereocenters. The summed E-state index contributed by atoms with van der Waals surface area (Å²) in [5, 5.41) is 16.2. The van der Waals surface area contributed by atoms with E-state index in [0.29, 0.717) is 12.0 Å². The minimum absolute atomic E-state index is 0.180. The van der Waals surface area contributed by atoms with Gasteiger partial charge in [0.25, 0.3) is 5.91 Å². The molecule has 1 aromatic heterocycles. The highest BCUT2D eigenvalue weighted by Gasteiger charge is 2.21. The van der Waals surface area contributed by atoms with Crippen molar-refractivity contribution in [1.29, 1.82) is 0 Å². The number of carbonyl (C=O) groups excluding carboxylic acids is 1. The number of carboxylic acids is 1. The molecule has 24 heavy (non-hydrogen) atoms. The van der Waals surface area contributed by atoms with Gasteiger partial charge >= 0.3 is 5.97 Å². The van der Waals surface area contributed by atoms with E-state index < -0.39 is 12.0 Å². The minimum Gasteiger partial charge on any atom is -0.480 e. The number of aliphatic carboxylic acids is 1. The first kappa shape index (κ1) is 17.7. The van der Waals surface area contributed by atoms with Crippen molar-refractivity contribution in [3.05, 3.63) is 47.3 Å². The number of hydrogen-bond donors (Lipinski definition) is 2. The van der Waals surface area contributed by atoms with Gasteiger partial charge in [-0.05, 0) is 56.5 Å². The molecule has 1 aromatic carbocycles. The molecular weight excluding hydrogens is 306 g/mol. The molecular formula is C18H23N3O3. The molecule has 1 heterocycles. The second kappa shape index (κ2) is 7.29. The summed E-state index contributed by atoms with van der Waals surface area (Å²) in [6.07, 6.45) is 0.394. The molecule has 2 aromatic rings. The predicted molar refractivity (Wildman–Crippen MR) is 91.4 cm³/mol. The maximum atomic E-state index is 12.3. The van der Waals surface area contributed by atoms with Gasteiger partial charge in [0.1, 0.15) is 6.04 Å². The number of benzene rings is 1. The van der Waals surface area contributed by atoms with Gasteiger partial charge in [-0.25, -0.2) is 9.48 Å². The summed E-state index contributed by atoms with van der Waals surface area (Å²) in [6, 6.07) is 8.04. The van der Waals surface area contributed by atoms with E-state index in [4.69, 9.17) is 0 Å². The lowest BCUT2D eigenvalue weighted by Crippen LogP contribution is -2.41. The monoisotopic (exact) mass is 329 g/mol. The lowest BCUT2D eigenvalue weighted by molar-refractivity contribution is -0.139. The van der Waals surface area contributed by atoms with Crippen LogP contribution >= 0.6 is 0 Å². The number of nitrogens with one attached hydrogen (secondary N) is 1. The SMILES string of the molecule is Cc1cc(C)n(-c2ccc(C(=O)N[C@@H](CC(C)C)C(=O)O)cc2)n1. The Morgan fingerprint density at radius 1 is 1.21 bits per heavy atom. The van der Waals surface area contributed by atoms with Gasteiger partial charge < -0.3 is 10.4 Å². The first-order chi connectivity index (χ1) is 11.3. The van der Waals surface area contributed by atoms with E-state index in [1.165, 1.54) is 0 Å². The smallest absolute Gasteiger partial charge is 0.326 e. The number of aryl methyl sites for hydroxylation is 2. The van der Waals surface area contributed by atoms with E-state index >= 15 is 0 Å². The molecule has 2 N–H and O–H groups in total. The number of aromatic nitrogens is 2. The highest BCUT2D eigenvalue weighted by atomic mass is 16.4. The first-order valence-corrected chi connectivity index (χ1v) is 7.95. The van der Waals surface area contributed by atoms with Crippen LogP contribution in [0, 0.1) is 19.8 Å². The molecule has 0 bridgehead atoms. The van der Waals surface area contributed by atoms with E-state index in [0.717, 1.165) is 17.1 Å². The molecule has 1 atom stereocenters. The van der Waals surface area contributed by atoms with Gasteiger partial charge in [-0.15, -0.1) is 0 Å². The third kappa shape index (κ3) is 4.22. The second-order valence-corrected chi connectivity index (χ2v) is 6.38. The third-order valence-electron chi connectivity index (χ3n) is 3.69. The topological polar surface area (TPSA) is 84.2 Å². The van der Waals surface area contributed by atoms with Crippen LogP contribution in [0.25, 0.3) is 5.69 Å². The van der Waals surface area contributed by atoms with Crippen molar-refractivity contribution < 1.29 is 14.7 Å². The summed E-state index contributed by atoms with van der Waals surface area (Å²) >= 11 is 0. The van der Waals surface area contributed by atoms with Crippen molar-refractivity contribution in [1.82, 2.24) is 15.1 Å². The zero-order valence-electron chi connectivity index (χ0n) is 14.4. The van der Waals surface area contributed by atoms with Crippen LogP contribution < -0.4 is 5.32 Å². The summed E-state index contributed by atoms with van der Waals surface area (Å²) in [7, 11) is 0. The summed E-state index contributed by atoms with van der Waals surface area (Å²) < 4.78 is 1.80. The van der Waals surface area contributed by atoms with Crippen LogP contribution in [0.2, 0.25) is 0 Å². The van der Waals surface area contributed by atoms with Crippen LogP contribution in [0.1, 0.15) is 42.0 Å². The van der Waals surface area contributed by atoms with Crippen LogP contribution in [0.15, 0.2) is 30.3 Å². The van der Waals surface area contributed by atoms with Crippen molar-refractivity contribution >= 4 is 11.9 Å². The Bertz CT molecular complexity index is 732. The Hall–Kier alpha value is -2.63. The van der Waals surface area contributed by atoms with Gasteiger partial charge in [-0.3, -0.25) is 4.79 Å². The molecule has 0 radical (unpaired) electrons. The van der Waals surface area contributed by atoms with E-state index in [-0.39, 0.29) is 11.8 Å². The fourth-order valence-electron chi connectivity index (χ4n) is 2.58. The molecule has 0 saturated carbocycles. The van der Waals surface area contributed by atoms with Crippen LogP contribution in [-0.4, -0.2) is 32.8 Å². The normalized spacial score (nSPS) is 12.2. The highest BCUT2D eigenvalue weighted by Crippen LogP contribution is 2.14. The summed E-state index contributed by atoms with van der Waals surface area (Å²) in [5.41, 5.74) is 3.21. The number of carbonyl (C=O) groups is 2. The van der Waals surface area contributed by atoms with Crippen molar-refractivity contribution in [3.8, 4) is 5.69 Å². The summed E-state index contributed by atoms with van der Waals surface area (Å²) in [4.78, 5) is 23.5. The van der Waals surface area contributed by atoms with Crippen molar-refractivity contribution in [2.24, 2.45) is 5.92 Å². The van der Waals surface area contributed by atoms with Gasteiger partial charge in [0.2, 0.25) is 0 Å². The molecule has 2 rings (SSSR count). The van der Waals surface area contributed by atoms with Gasteiger partial charge in [-0.2, -0.15) is 5.10 Å². The van der Waals surface area contributed by atoms with E-state index in [9.17, 15) is 14.7 Å². The van der Waals surface area contributed by atoms with Crippen LogP contribution in [-0.2, 0) is 4.79 Å². The van der Waals surface area contributed by atoms with Gasteiger partial charge in [-0.1, -0.05) is 13.8 Å². The average Bonchev–Trinajstić information content (AvgIpc) is 2.84. The van der Waals surface area contributed by atoms with Gasteiger partial charge in [0, 0.05) is 11.3 Å². The quantitative estimate of drug-likeness (QED) is 0.853. The first-order valence-electron chi connectivity index (χ1n) is 7.95. The van der Waals surface area contributed by atoms with E-state index in [2.05, 4.69) is 10.4 Å². The van der Waals surface area contributed by atoms with Crippen molar-refractivity contribution in [3.63, 3.8) is 0 Å². The maximum absolute atomic E-state index is 12.3. The van der Waals surface area contributed by atoms with Crippen LogP contribution in [0.4, 0.5) is 0 Å². The van der Waals surface area contributed by atoms with Gasteiger partial charge in [0.15, 0.2) is 0 Å². The summed E-state index contributed by atoms with van der Waals surface area (Å²) in [5.74, 6) is -1.22. The molecule has 0 spiro atoms. The van der Waals surface area contributed by atoms with Crippen molar-refractivity contribution in [2.75, 3.05) is 0 Å². The number of rotatable bonds is 6. The molecule has 0 aliphatic heterocycles. The fraction of sp³-hybridized carbons (Fsp3) is 0.389. The largest absolute Gasteiger partial charge is 0.480 e. The predicted octanol–water partition coefficient (Wildman–Crippen LogP) is 2.72. The Labute approximate surface area is 141 Å². The highest BCUT2D eigenvalue weighted by molar-refractivity contribution is 5.96. The number of hydrogen-bond acceptors (Lipinski definition) is 3. The lowest BCUT2D eigenvalue weighted by Gasteiger charge is -2.16. The molecule has 6 heteroatoms. The van der Waals surface area contributed by atoms with Gasteiger partial charge in [0.05, 0.1) is 11.4 Å². The lowest BCUT2D eigenvalue weighted by atomic mass is 10.0. The van der Waals surface area contributed by atoms with E-state index in [1.807, 2.05) is 33.8 Å². The third-order valence-corrected chi connectivity index (χ3v) is 3.69. The zero-order chi connectivity index (χ0) is 17.9. The van der Waals surface area contributed by atoms with Crippen molar-refractivity contribution in [2.45, 2.75) is 40.2 Å². The standard InChI is InChI=1S/C18H23N3O3/c1-11(2)9-16(18(23)24)19-17(22)14-5-7-15(8-6-14)21-13(4)10-12(3)20-21/h5-8,10-11,16H,9H2,1-4H3,(H,19,22)(H,23,24)/t16-/m0/s1. The number of amides is 1. The maximum Gasteiger partial charge on any atom is 0.326 e. The van der Waals surface area contributed by atoms with Crippen LogP contribution in [0.5, 0.6) is 0 Å².